The topological polar surface area (TPSA) is 67.6 Å². The van der Waals surface area contributed by atoms with E-state index in [1.165, 1.54) is 21.4 Å². The van der Waals surface area contributed by atoms with Crippen molar-refractivity contribution in [3.05, 3.63) is 85.6 Å². The number of aromatic nitrogens is 3. The molecule has 0 atom stereocenters. The van der Waals surface area contributed by atoms with Gasteiger partial charge in [0.15, 0.2) is 5.82 Å². The lowest BCUT2D eigenvalue weighted by Crippen LogP contribution is -2.32. The fourth-order valence-electron chi connectivity index (χ4n) is 3.96. The number of fused-ring (bicyclic) bond motifs is 2. The summed E-state index contributed by atoms with van der Waals surface area (Å²) in [6.07, 6.45) is 1.67. The van der Waals surface area contributed by atoms with Crippen LogP contribution in [0.5, 0.6) is 0 Å². The highest BCUT2D eigenvalue weighted by Crippen LogP contribution is 2.37. The van der Waals surface area contributed by atoms with E-state index in [9.17, 15) is 9.59 Å². The van der Waals surface area contributed by atoms with E-state index in [1.807, 2.05) is 30.3 Å². The monoisotopic (exact) mass is 520 g/mol. The Morgan fingerprint density at radius 1 is 1.12 bits per heavy atom. The molecule has 0 fully saturated rings. The highest BCUT2D eigenvalue weighted by Gasteiger charge is 2.34. The molecule has 0 unspecified atom stereocenters. The van der Waals surface area contributed by atoms with Gasteiger partial charge in [-0.15, -0.1) is 11.7 Å². The van der Waals surface area contributed by atoms with Crippen LogP contribution in [0, 0.1) is 0 Å². The maximum absolute atomic E-state index is 13.3. The zero-order valence-corrected chi connectivity index (χ0v) is 20.8. The van der Waals surface area contributed by atoms with Crippen LogP contribution in [0.3, 0.4) is 0 Å². The van der Waals surface area contributed by atoms with Crippen molar-refractivity contribution >= 4 is 49.4 Å². The first-order chi connectivity index (χ1) is 15.7. The highest BCUT2D eigenvalue weighted by molar-refractivity contribution is 9.10. The standard InChI is InChI=1S/C25H21BrN4O2S/c1-5-12-29-18-11-10-16(26)13-17(18)19(22(29)31)20-23(32)30-24(33-20)27-21(28-30)14-6-8-15(9-7-14)25(2,3)4/h5-11,13H,1,12H2,2-4H3. The predicted molar refractivity (Wildman–Crippen MR) is 136 cm³/mol. The van der Waals surface area contributed by atoms with Gasteiger partial charge in [0, 0.05) is 22.1 Å². The quantitative estimate of drug-likeness (QED) is 0.377. The van der Waals surface area contributed by atoms with Gasteiger partial charge in [0.25, 0.3) is 11.5 Å². The first-order valence-corrected chi connectivity index (χ1v) is 12.1. The lowest BCUT2D eigenvalue weighted by Gasteiger charge is -2.18. The maximum Gasteiger partial charge on any atom is 0.291 e. The summed E-state index contributed by atoms with van der Waals surface area (Å²) in [6, 6.07) is 13.7. The summed E-state index contributed by atoms with van der Waals surface area (Å²) in [5.41, 5.74) is 3.63. The number of benzene rings is 2. The third kappa shape index (κ3) is 3.54. The minimum absolute atomic E-state index is 0.0490. The Kier molecular flexibility index (Phi) is 5.10. The normalized spacial score (nSPS) is 15.4. The zero-order chi connectivity index (χ0) is 23.5. The van der Waals surface area contributed by atoms with Crippen LogP contribution in [0.1, 0.15) is 31.9 Å². The third-order valence-electron chi connectivity index (χ3n) is 5.68. The van der Waals surface area contributed by atoms with E-state index in [4.69, 9.17) is 0 Å². The number of nitrogens with zero attached hydrogens (tertiary/aromatic N) is 4. The third-order valence-corrected chi connectivity index (χ3v) is 7.21. The van der Waals surface area contributed by atoms with Gasteiger partial charge in [-0.1, -0.05) is 78.4 Å². The summed E-state index contributed by atoms with van der Waals surface area (Å²) in [4.78, 5) is 33.2. The Labute approximate surface area is 203 Å². The Morgan fingerprint density at radius 2 is 1.85 bits per heavy atom. The van der Waals surface area contributed by atoms with Gasteiger partial charge in [-0.25, -0.2) is 0 Å². The first-order valence-electron chi connectivity index (χ1n) is 10.5. The molecule has 5 rings (SSSR count). The van der Waals surface area contributed by atoms with Gasteiger partial charge in [0.05, 0.1) is 11.3 Å². The molecule has 2 aromatic carbocycles. The van der Waals surface area contributed by atoms with E-state index >= 15 is 0 Å². The van der Waals surface area contributed by atoms with Gasteiger partial charge in [-0.05, 0) is 29.2 Å². The molecule has 166 valence electrons. The average molecular weight is 521 g/mol. The van der Waals surface area contributed by atoms with E-state index < -0.39 is 0 Å². The van der Waals surface area contributed by atoms with E-state index in [2.05, 4.69) is 65.5 Å². The van der Waals surface area contributed by atoms with Gasteiger partial charge >= 0.3 is 0 Å². The molecule has 2 aromatic heterocycles. The molecule has 0 saturated carbocycles. The molecule has 0 bridgehead atoms. The molecule has 1 aliphatic rings. The second-order valence-electron chi connectivity index (χ2n) is 8.93. The number of carbonyl (C=O) groups is 1. The number of thiazole rings is 1. The van der Waals surface area contributed by atoms with E-state index in [1.54, 1.807) is 11.0 Å². The molecule has 0 aliphatic carbocycles. The van der Waals surface area contributed by atoms with Crippen molar-refractivity contribution in [2.24, 2.45) is 0 Å². The minimum Gasteiger partial charge on any atom is -0.304 e. The number of carbonyl (C=O) groups excluding carboxylic acids is 1. The van der Waals surface area contributed by atoms with Gasteiger partial charge in [0.2, 0.25) is 4.96 Å². The van der Waals surface area contributed by atoms with Crippen molar-refractivity contribution in [1.29, 1.82) is 0 Å². The highest BCUT2D eigenvalue weighted by atomic mass is 79.9. The van der Waals surface area contributed by atoms with Crippen LogP contribution in [0.2, 0.25) is 0 Å². The molecule has 0 spiro atoms. The molecule has 8 heteroatoms. The second kappa shape index (κ2) is 7.74. The fourth-order valence-corrected chi connectivity index (χ4v) is 5.32. The average Bonchev–Trinajstić information content (AvgIpc) is 3.39. The van der Waals surface area contributed by atoms with Crippen molar-refractivity contribution in [3.63, 3.8) is 0 Å². The number of rotatable bonds is 3. The number of halogens is 1. The van der Waals surface area contributed by atoms with Gasteiger partial charge in [-0.2, -0.15) is 9.50 Å². The zero-order valence-electron chi connectivity index (χ0n) is 18.4. The molecule has 0 N–H and O–H groups in total. The molecule has 6 nitrogen and oxygen atoms in total. The summed E-state index contributed by atoms with van der Waals surface area (Å²) >= 11 is 4.66. The minimum atomic E-state index is -0.338. The van der Waals surface area contributed by atoms with E-state index in [0.717, 1.165) is 21.3 Å². The Hall–Kier alpha value is -3.10. The number of hydrogen-bond acceptors (Lipinski definition) is 5. The first kappa shape index (κ1) is 21.7. The number of amides is 1. The molecule has 3 heterocycles. The second-order valence-corrected chi connectivity index (χ2v) is 10.8. The summed E-state index contributed by atoms with van der Waals surface area (Å²) in [7, 11) is 0. The summed E-state index contributed by atoms with van der Waals surface area (Å²) in [5.74, 6) is 0.270. The van der Waals surface area contributed by atoms with Crippen LogP contribution in [0.25, 0.3) is 21.9 Å². The Bertz CT molecular complexity index is 1540. The SMILES string of the molecule is C=CCN1C(=O)C(=c2sc3nc(-c4ccc(C(C)(C)C)cc4)nn3c2=O)c2cc(Br)ccc21. The largest absolute Gasteiger partial charge is 0.304 e. The van der Waals surface area contributed by atoms with Gasteiger partial charge in [0.1, 0.15) is 4.53 Å². The van der Waals surface area contributed by atoms with Crippen LogP contribution in [0.4, 0.5) is 5.69 Å². The van der Waals surface area contributed by atoms with Crippen molar-refractivity contribution in [2.75, 3.05) is 11.4 Å². The van der Waals surface area contributed by atoms with Crippen LogP contribution >= 0.6 is 27.3 Å². The van der Waals surface area contributed by atoms with Crippen molar-refractivity contribution in [3.8, 4) is 11.4 Å². The lowest BCUT2D eigenvalue weighted by molar-refractivity contribution is -0.112. The van der Waals surface area contributed by atoms with E-state index in [0.29, 0.717) is 27.4 Å². The molecule has 1 aliphatic heterocycles. The molecular weight excluding hydrogens is 500 g/mol. The molecule has 0 radical (unpaired) electrons. The summed E-state index contributed by atoms with van der Waals surface area (Å²) in [6.45, 7) is 10.6. The van der Waals surface area contributed by atoms with Crippen molar-refractivity contribution < 1.29 is 4.79 Å². The Balaban J connectivity index is 1.65. The summed E-state index contributed by atoms with van der Waals surface area (Å²) < 4.78 is 2.47. The fraction of sp³-hybridized carbons (Fsp3) is 0.200. The predicted octanol–water partition coefficient (Wildman–Crippen LogP) is 4.33. The molecule has 1 amide bonds. The smallest absolute Gasteiger partial charge is 0.291 e. The number of hydrogen-bond donors (Lipinski definition) is 0. The van der Waals surface area contributed by atoms with Gasteiger partial charge in [-0.3, -0.25) is 9.59 Å². The van der Waals surface area contributed by atoms with Crippen molar-refractivity contribution in [2.45, 2.75) is 26.2 Å². The van der Waals surface area contributed by atoms with Crippen LogP contribution < -0.4 is 15.0 Å². The van der Waals surface area contributed by atoms with Crippen molar-refractivity contribution in [1.82, 2.24) is 14.6 Å². The van der Waals surface area contributed by atoms with E-state index in [-0.39, 0.29) is 16.9 Å². The molecule has 0 saturated heterocycles. The van der Waals surface area contributed by atoms with Crippen LogP contribution in [-0.4, -0.2) is 27.0 Å². The Morgan fingerprint density at radius 3 is 2.48 bits per heavy atom. The molecule has 33 heavy (non-hydrogen) atoms. The number of anilines is 1. The van der Waals surface area contributed by atoms with Gasteiger partial charge < -0.3 is 4.90 Å². The summed E-state index contributed by atoms with van der Waals surface area (Å²) in [5, 5.41) is 4.46. The van der Waals surface area contributed by atoms with Crippen LogP contribution in [0.15, 0.2) is 64.4 Å². The maximum atomic E-state index is 13.3. The molecule has 4 aromatic rings. The van der Waals surface area contributed by atoms with Crippen LogP contribution in [-0.2, 0) is 10.2 Å². The lowest BCUT2D eigenvalue weighted by atomic mass is 9.87. The molecular formula is C25H21BrN4O2S.